The summed E-state index contributed by atoms with van der Waals surface area (Å²) < 4.78 is 73.8. The molecule has 0 saturated heterocycles. The van der Waals surface area contributed by atoms with Crippen LogP contribution in [0.5, 0.6) is 5.88 Å². The average Bonchev–Trinajstić information content (AvgIpc) is 3.27. The number of hydrogen-bond donors (Lipinski definition) is 1. The van der Waals surface area contributed by atoms with Gasteiger partial charge in [0.2, 0.25) is 29.4 Å². The molecule has 0 radical (unpaired) electrons. The molecular weight excluding hydrogens is 467 g/mol. The Bertz CT molecular complexity index is 1310. The Balaban J connectivity index is 1.57. The minimum atomic E-state index is -4.50. The Labute approximate surface area is 187 Å². The van der Waals surface area contributed by atoms with E-state index in [4.69, 9.17) is 10.3 Å². The molecule has 176 valence electrons. The molecule has 34 heavy (non-hydrogen) atoms. The Morgan fingerprint density at radius 3 is 2.50 bits per heavy atom. The molecule has 0 saturated carbocycles. The zero-order valence-corrected chi connectivity index (χ0v) is 17.1. The van der Waals surface area contributed by atoms with E-state index in [1.54, 1.807) is 0 Å². The second-order valence-corrected chi connectivity index (χ2v) is 6.68. The van der Waals surface area contributed by atoms with Crippen LogP contribution in [-0.4, -0.2) is 49.9 Å². The lowest BCUT2D eigenvalue weighted by Gasteiger charge is -2.18. The maximum Gasteiger partial charge on any atom is 0.422 e. The van der Waals surface area contributed by atoms with Crippen molar-refractivity contribution in [2.24, 2.45) is 0 Å². The molecular formula is C19H13F5N8O2. The van der Waals surface area contributed by atoms with Crippen LogP contribution in [0.3, 0.4) is 0 Å². The summed E-state index contributed by atoms with van der Waals surface area (Å²) in [7, 11) is 1.44. The summed E-state index contributed by atoms with van der Waals surface area (Å²) >= 11 is 0. The number of hydrogen-bond acceptors (Lipinski definition) is 10. The smallest absolute Gasteiger partial charge is 0.422 e. The number of alkyl halides is 3. The molecule has 10 nitrogen and oxygen atoms in total. The number of nitrogen functional groups attached to an aromatic ring is 1. The van der Waals surface area contributed by atoms with Crippen molar-refractivity contribution >= 4 is 17.6 Å². The van der Waals surface area contributed by atoms with Crippen LogP contribution in [0.4, 0.5) is 39.5 Å². The van der Waals surface area contributed by atoms with Crippen LogP contribution in [0.2, 0.25) is 0 Å². The van der Waals surface area contributed by atoms with E-state index in [0.717, 1.165) is 6.07 Å². The maximum absolute atomic E-state index is 14.1. The van der Waals surface area contributed by atoms with E-state index >= 15 is 0 Å². The van der Waals surface area contributed by atoms with Gasteiger partial charge in [-0.25, -0.2) is 13.8 Å². The molecule has 0 fully saturated rings. The number of anilines is 3. The van der Waals surface area contributed by atoms with E-state index in [1.165, 1.54) is 36.3 Å². The number of ether oxygens (including phenoxy) is 1. The lowest BCUT2D eigenvalue weighted by atomic mass is 10.3. The Morgan fingerprint density at radius 2 is 1.82 bits per heavy atom. The van der Waals surface area contributed by atoms with Gasteiger partial charge in [0.05, 0.1) is 11.3 Å². The van der Waals surface area contributed by atoms with Gasteiger partial charge in [0.25, 0.3) is 5.89 Å². The molecule has 0 atom stereocenters. The first-order valence-electron chi connectivity index (χ1n) is 9.29. The van der Waals surface area contributed by atoms with Gasteiger partial charge in [0, 0.05) is 25.4 Å². The number of halogens is 5. The van der Waals surface area contributed by atoms with Crippen molar-refractivity contribution in [1.82, 2.24) is 30.1 Å². The molecule has 4 rings (SSSR count). The van der Waals surface area contributed by atoms with Gasteiger partial charge in [-0.2, -0.15) is 33.1 Å². The first kappa shape index (κ1) is 22.8. The molecule has 3 heterocycles. The predicted octanol–water partition coefficient (Wildman–Crippen LogP) is 3.55. The molecule has 1 aromatic carbocycles. The van der Waals surface area contributed by atoms with E-state index in [2.05, 4.69) is 34.8 Å². The highest BCUT2D eigenvalue weighted by atomic mass is 19.4. The van der Waals surface area contributed by atoms with Crippen molar-refractivity contribution in [3.05, 3.63) is 48.2 Å². The lowest BCUT2D eigenvalue weighted by molar-refractivity contribution is -0.154. The molecule has 0 aliphatic rings. The highest BCUT2D eigenvalue weighted by Crippen LogP contribution is 2.27. The summed E-state index contributed by atoms with van der Waals surface area (Å²) in [5, 5.41) is 3.75. The third-order valence-electron chi connectivity index (χ3n) is 4.21. The fourth-order valence-corrected chi connectivity index (χ4v) is 2.67. The highest BCUT2D eigenvalue weighted by Gasteiger charge is 2.28. The van der Waals surface area contributed by atoms with Crippen molar-refractivity contribution in [3.8, 4) is 29.0 Å². The van der Waals surface area contributed by atoms with Gasteiger partial charge in [-0.15, -0.1) is 0 Å². The quantitative estimate of drug-likeness (QED) is 0.409. The minimum absolute atomic E-state index is 0.0225. The zero-order chi connectivity index (χ0) is 24.5. The highest BCUT2D eigenvalue weighted by molar-refractivity contribution is 5.61. The average molecular weight is 480 g/mol. The van der Waals surface area contributed by atoms with Crippen molar-refractivity contribution in [1.29, 1.82) is 0 Å². The third kappa shape index (κ3) is 5.13. The fraction of sp³-hybridized carbons (Fsp3) is 0.158. The Morgan fingerprint density at radius 1 is 1.03 bits per heavy atom. The van der Waals surface area contributed by atoms with Crippen LogP contribution in [0.1, 0.15) is 0 Å². The summed E-state index contributed by atoms with van der Waals surface area (Å²) in [6.45, 7) is -1.48. The molecule has 3 aromatic heterocycles. The molecule has 0 unspecified atom stereocenters. The Kier molecular flexibility index (Phi) is 5.91. The number of pyridine rings is 1. The Hall–Kier alpha value is -4.43. The van der Waals surface area contributed by atoms with E-state index in [0.29, 0.717) is 6.07 Å². The maximum atomic E-state index is 14.1. The van der Waals surface area contributed by atoms with Gasteiger partial charge in [0.1, 0.15) is 11.6 Å². The van der Waals surface area contributed by atoms with Crippen LogP contribution in [0.15, 0.2) is 41.1 Å². The van der Waals surface area contributed by atoms with Crippen molar-refractivity contribution in [3.63, 3.8) is 0 Å². The summed E-state index contributed by atoms with van der Waals surface area (Å²) in [6.07, 6.45) is -3.31. The lowest BCUT2D eigenvalue weighted by Crippen LogP contribution is -2.19. The van der Waals surface area contributed by atoms with Crippen LogP contribution in [0.25, 0.3) is 23.1 Å². The number of benzene rings is 1. The first-order chi connectivity index (χ1) is 16.1. The minimum Gasteiger partial charge on any atom is -0.468 e. The molecule has 0 bridgehead atoms. The summed E-state index contributed by atoms with van der Waals surface area (Å²) in [6, 6.07) is 5.55. The molecule has 0 aliphatic heterocycles. The van der Waals surface area contributed by atoms with E-state index in [-0.39, 0.29) is 46.6 Å². The normalized spacial score (nSPS) is 11.5. The van der Waals surface area contributed by atoms with E-state index in [9.17, 15) is 22.0 Å². The standard InChI is InChI=1S/C19H13F5N8O2/c1-32(12-4-3-10(20)6-11(12)21)18-29-14(28-17(25)30-18)15-27-16(34-31-15)9-2-5-13(26-7-9)33-8-19(22,23)24/h2-7H,8H2,1H3,(H2,25,28,29,30). The summed E-state index contributed by atoms with van der Waals surface area (Å²) in [5.74, 6) is -2.39. The number of rotatable bonds is 6. The number of nitrogens with zero attached hydrogens (tertiary/aromatic N) is 7. The monoisotopic (exact) mass is 480 g/mol. The first-order valence-corrected chi connectivity index (χ1v) is 9.29. The topological polar surface area (TPSA) is 129 Å². The number of nitrogens with two attached hydrogens (primary N) is 1. The van der Waals surface area contributed by atoms with Crippen LogP contribution < -0.4 is 15.4 Å². The molecule has 0 amide bonds. The van der Waals surface area contributed by atoms with E-state index in [1.807, 2.05) is 0 Å². The molecule has 4 aromatic rings. The second kappa shape index (κ2) is 8.84. The zero-order valence-electron chi connectivity index (χ0n) is 17.1. The molecule has 0 spiro atoms. The van der Waals surface area contributed by atoms with Gasteiger partial charge < -0.3 is 19.9 Å². The van der Waals surface area contributed by atoms with Crippen molar-refractivity contribution < 1.29 is 31.2 Å². The van der Waals surface area contributed by atoms with Crippen molar-refractivity contribution in [2.75, 3.05) is 24.3 Å². The van der Waals surface area contributed by atoms with Gasteiger partial charge in [0.15, 0.2) is 6.61 Å². The third-order valence-corrected chi connectivity index (χ3v) is 4.21. The second-order valence-electron chi connectivity index (χ2n) is 6.68. The van der Waals surface area contributed by atoms with Crippen LogP contribution in [0, 0.1) is 11.6 Å². The van der Waals surface area contributed by atoms with Crippen LogP contribution >= 0.6 is 0 Å². The summed E-state index contributed by atoms with van der Waals surface area (Å²) in [4.78, 5) is 21.1. The van der Waals surface area contributed by atoms with Crippen LogP contribution in [-0.2, 0) is 0 Å². The van der Waals surface area contributed by atoms with Gasteiger partial charge in [-0.3, -0.25) is 0 Å². The van der Waals surface area contributed by atoms with Gasteiger partial charge in [-0.1, -0.05) is 5.16 Å². The van der Waals surface area contributed by atoms with E-state index < -0.39 is 24.4 Å². The number of aromatic nitrogens is 6. The molecule has 0 aliphatic carbocycles. The fourth-order valence-electron chi connectivity index (χ4n) is 2.67. The molecule has 2 N–H and O–H groups in total. The van der Waals surface area contributed by atoms with Gasteiger partial charge >= 0.3 is 6.18 Å². The predicted molar refractivity (Wildman–Crippen MR) is 107 cm³/mol. The largest absolute Gasteiger partial charge is 0.468 e. The van der Waals surface area contributed by atoms with Crippen molar-refractivity contribution in [2.45, 2.75) is 6.18 Å². The SMILES string of the molecule is CN(c1nc(N)nc(-c2noc(-c3ccc(OCC(F)(F)F)nc3)n2)n1)c1ccc(F)cc1F. The summed E-state index contributed by atoms with van der Waals surface area (Å²) in [5.41, 5.74) is 6.00. The molecule has 15 heteroatoms. The van der Waals surface area contributed by atoms with Gasteiger partial charge in [-0.05, 0) is 18.2 Å².